The number of pyridine rings is 1. The maximum Gasteiger partial charge on any atom is 0.194 e. The second kappa shape index (κ2) is 19.2. The van der Waals surface area contributed by atoms with Gasteiger partial charge in [-0.1, -0.05) is 32.2 Å². The number of piperazine rings is 1. The highest BCUT2D eigenvalue weighted by Crippen LogP contribution is 2.26. The summed E-state index contributed by atoms with van der Waals surface area (Å²) >= 11 is 0. The minimum Gasteiger partial charge on any atom is -0.506 e. The molecule has 42 heavy (non-hydrogen) atoms. The summed E-state index contributed by atoms with van der Waals surface area (Å²) in [7, 11) is 2.03. The molecule has 0 spiro atoms. The Morgan fingerprint density at radius 1 is 1.07 bits per heavy atom. The van der Waals surface area contributed by atoms with E-state index in [1.165, 1.54) is 12.1 Å². The van der Waals surface area contributed by atoms with Crippen LogP contribution in [0.1, 0.15) is 42.2 Å². The van der Waals surface area contributed by atoms with E-state index in [2.05, 4.69) is 27.9 Å². The lowest BCUT2D eigenvalue weighted by atomic mass is 10.0. The fourth-order valence-corrected chi connectivity index (χ4v) is 3.61. The van der Waals surface area contributed by atoms with Crippen LogP contribution in [0, 0.1) is 17.5 Å². The second-order valence-electron chi connectivity index (χ2n) is 9.39. The average molecular weight is 587 g/mol. The summed E-state index contributed by atoms with van der Waals surface area (Å²) < 4.78 is 39.8. The van der Waals surface area contributed by atoms with Crippen molar-refractivity contribution in [3.05, 3.63) is 107 Å². The number of carbonyl (C=O) groups is 1. The molecular formula is C32H41F3N4O3. The van der Waals surface area contributed by atoms with Gasteiger partial charge < -0.3 is 20.8 Å². The van der Waals surface area contributed by atoms with Crippen LogP contribution in [-0.4, -0.2) is 71.1 Å². The summed E-state index contributed by atoms with van der Waals surface area (Å²) in [5, 5.41) is 18.3. The molecule has 4 rings (SSSR count). The zero-order valence-electron chi connectivity index (χ0n) is 24.4. The molecule has 228 valence electrons. The fourth-order valence-electron chi connectivity index (χ4n) is 3.61. The predicted octanol–water partition coefficient (Wildman–Crippen LogP) is 4.23. The lowest BCUT2D eigenvalue weighted by molar-refractivity contribution is 0.112. The summed E-state index contributed by atoms with van der Waals surface area (Å²) in [6.45, 7) is 14.6. The van der Waals surface area contributed by atoms with Crippen molar-refractivity contribution >= 4 is 24.3 Å². The van der Waals surface area contributed by atoms with Crippen molar-refractivity contribution in [1.82, 2.24) is 14.8 Å². The van der Waals surface area contributed by atoms with Crippen molar-refractivity contribution in [2.45, 2.75) is 26.3 Å². The number of nitrogen functional groups attached to an aromatic ring is 1. The summed E-state index contributed by atoms with van der Waals surface area (Å²) in [5.41, 5.74) is 6.92. The summed E-state index contributed by atoms with van der Waals surface area (Å²) in [5.74, 6) is -3.52. The number of nitrogens with zero attached hydrogens (tertiary/aromatic N) is 3. The highest BCUT2D eigenvalue weighted by atomic mass is 19.2. The van der Waals surface area contributed by atoms with Gasteiger partial charge in [0.1, 0.15) is 17.4 Å². The van der Waals surface area contributed by atoms with Crippen LogP contribution in [0.2, 0.25) is 0 Å². The highest BCUT2D eigenvalue weighted by Gasteiger charge is 2.24. The molecule has 1 aromatic heterocycles. The van der Waals surface area contributed by atoms with Gasteiger partial charge in [-0.15, -0.1) is 0 Å². The minimum atomic E-state index is -1.38. The Kier molecular flexibility index (Phi) is 16.5. The summed E-state index contributed by atoms with van der Waals surface area (Å²) in [4.78, 5) is 18.3. The smallest absolute Gasteiger partial charge is 0.194 e. The van der Waals surface area contributed by atoms with Crippen molar-refractivity contribution in [3.63, 3.8) is 0 Å². The van der Waals surface area contributed by atoms with E-state index in [-0.39, 0.29) is 17.4 Å². The molecule has 0 bridgehead atoms. The molecule has 10 heteroatoms. The van der Waals surface area contributed by atoms with Gasteiger partial charge in [0, 0.05) is 61.8 Å². The Bertz CT molecular complexity index is 1360. The zero-order chi connectivity index (χ0) is 31.7. The molecule has 4 N–H and O–H groups in total. The Labute approximate surface area is 245 Å². The third-order valence-corrected chi connectivity index (χ3v) is 6.22. The number of benzene rings is 2. The van der Waals surface area contributed by atoms with Crippen molar-refractivity contribution in [1.29, 1.82) is 0 Å². The van der Waals surface area contributed by atoms with Gasteiger partial charge in [0.05, 0.1) is 0 Å². The van der Waals surface area contributed by atoms with Crippen molar-refractivity contribution in [2.24, 2.45) is 0 Å². The van der Waals surface area contributed by atoms with Gasteiger partial charge in [-0.25, -0.2) is 13.2 Å². The van der Waals surface area contributed by atoms with Crippen LogP contribution in [-0.2, 0) is 0 Å². The molecule has 7 nitrogen and oxygen atoms in total. The Balaban J connectivity index is 0.000000315. The molecular weight excluding hydrogens is 545 g/mol. The number of nitrogens with two attached hydrogens (primary N) is 1. The van der Waals surface area contributed by atoms with Crippen molar-refractivity contribution in [2.75, 3.05) is 45.6 Å². The molecule has 3 aromatic rings. The molecule has 0 amide bonds. The molecule has 0 aliphatic carbocycles. The van der Waals surface area contributed by atoms with E-state index in [9.17, 15) is 23.1 Å². The topological polar surface area (TPSA) is 103 Å². The number of hydrogen-bond donors (Lipinski definition) is 3. The zero-order valence-corrected chi connectivity index (χ0v) is 24.4. The van der Waals surface area contributed by atoms with Crippen LogP contribution < -0.4 is 16.3 Å². The SMILES string of the molecule is C=C/C(O)=c1/ncccc1=C.CC(c1ccc(F)c(F)c1F)N1CCN(C)CC1.CCCO.Nc1ccc(C=O)cc1. The van der Waals surface area contributed by atoms with E-state index in [0.717, 1.165) is 45.0 Å². The molecule has 1 atom stereocenters. The lowest BCUT2D eigenvalue weighted by Gasteiger charge is -2.36. The van der Waals surface area contributed by atoms with Crippen molar-refractivity contribution in [3.8, 4) is 0 Å². The van der Waals surface area contributed by atoms with Crippen LogP contribution in [0.15, 0.2) is 67.4 Å². The Hall–Kier alpha value is -3.99. The van der Waals surface area contributed by atoms with Gasteiger partial charge >= 0.3 is 0 Å². The Morgan fingerprint density at radius 3 is 2.17 bits per heavy atom. The van der Waals surface area contributed by atoms with Crippen LogP contribution in [0.4, 0.5) is 18.9 Å². The van der Waals surface area contributed by atoms with Gasteiger partial charge in [0.15, 0.2) is 17.5 Å². The number of carbonyl (C=O) groups excluding carboxylic acids is 1. The quantitative estimate of drug-likeness (QED) is 0.234. The van der Waals surface area contributed by atoms with E-state index in [1.807, 2.05) is 20.9 Å². The molecule has 1 aliphatic rings. The predicted molar refractivity (Wildman–Crippen MR) is 163 cm³/mol. The number of aliphatic hydroxyl groups excluding tert-OH is 2. The number of aldehydes is 1. The third kappa shape index (κ3) is 11.9. The van der Waals surface area contributed by atoms with Crippen LogP contribution in [0.25, 0.3) is 12.3 Å². The first-order chi connectivity index (χ1) is 20.0. The number of aliphatic hydroxyl groups is 2. The second-order valence-corrected chi connectivity index (χ2v) is 9.39. The van der Waals surface area contributed by atoms with Gasteiger partial charge in [-0.3, -0.25) is 14.7 Å². The minimum absolute atomic E-state index is 0.0654. The number of anilines is 1. The van der Waals surface area contributed by atoms with Crippen molar-refractivity contribution < 1.29 is 28.2 Å². The number of likely N-dealkylation sites (N-methyl/N-ethyl adjacent to an activating group) is 1. The van der Waals surface area contributed by atoms with E-state index in [4.69, 9.17) is 10.8 Å². The standard InChI is InChI=1S/C13H17F3N2.C9H9NO.C7H7NO.C3H8O/c1-9(18-7-5-17(2)6-8-18)10-3-4-11(14)13(16)12(10)15;1-3-8(11)9-7(2)5-4-6-10-9;8-7-3-1-6(5-9)2-4-7;1-2-3-4/h3-4,9H,5-8H2,1-2H3;3-6,11H,1-2H2;1-5H,8H2;4H,2-3H2,1H3/b;9-8-;;. The number of rotatable bonds is 5. The maximum absolute atomic E-state index is 13.7. The molecule has 1 saturated heterocycles. The van der Waals surface area contributed by atoms with E-state index in [1.54, 1.807) is 42.6 Å². The largest absolute Gasteiger partial charge is 0.506 e. The fraction of sp³-hybridized carbons (Fsp3) is 0.312. The Morgan fingerprint density at radius 2 is 1.67 bits per heavy atom. The molecule has 2 aromatic carbocycles. The first-order valence-corrected chi connectivity index (χ1v) is 13.4. The first-order valence-electron chi connectivity index (χ1n) is 13.4. The van der Waals surface area contributed by atoms with E-state index < -0.39 is 17.5 Å². The first kappa shape index (κ1) is 36.0. The normalized spacial score (nSPS) is 14.5. The molecule has 1 unspecified atom stereocenters. The van der Waals surface area contributed by atoms with Crippen LogP contribution in [0.5, 0.6) is 0 Å². The van der Waals surface area contributed by atoms with Gasteiger partial charge in [0.25, 0.3) is 0 Å². The summed E-state index contributed by atoms with van der Waals surface area (Å²) in [6.07, 6.45) is 4.61. The summed E-state index contributed by atoms with van der Waals surface area (Å²) in [6, 6.07) is 12.4. The molecule has 1 aliphatic heterocycles. The number of halogens is 3. The number of aromatic nitrogens is 1. The van der Waals surface area contributed by atoms with Gasteiger partial charge in [-0.2, -0.15) is 0 Å². The van der Waals surface area contributed by atoms with Crippen LogP contribution in [0.3, 0.4) is 0 Å². The average Bonchev–Trinajstić information content (AvgIpc) is 3.01. The highest BCUT2D eigenvalue weighted by molar-refractivity contribution is 5.75. The lowest BCUT2D eigenvalue weighted by Crippen LogP contribution is -2.45. The molecule has 2 heterocycles. The molecule has 1 fully saturated rings. The maximum atomic E-state index is 13.7. The van der Waals surface area contributed by atoms with Gasteiger partial charge in [-0.05, 0) is 68.1 Å². The van der Waals surface area contributed by atoms with Gasteiger partial charge in [0.2, 0.25) is 0 Å². The molecule has 0 saturated carbocycles. The van der Waals surface area contributed by atoms with Crippen LogP contribution >= 0.6 is 0 Å². The number of hydrogen-bond acceptors (Lipinski definition) is 7. The monoisotopic (exact) mass is 586 g/mol. The third-order valence-electron chi connectivity index (χ3n) is 6.22. The van der Waals surface area contributed by atoms with E-state index >= 15 is 0 Å². The molecule has 0 radical (unpaired) electrons. The van der Waals surface area contributed by atoms with E-state index in [0.29, 0.717) is 28.4 Å².